The molecule has 0 spiro atoms. The summed E-state index contributed by atoms with van der Waals surface area (Å²) in [6.45, 7) is 0. The molecule has 0 bridgehead atoms. The first-order valence-corrected chi connectivity index (χ1v) is 6.73. The molecule has 6 heteroatoms. The molecule has 0 heterocycles. The lowest BCUT2D eigenvalue weighted by Gasteiger charge is -2.07. The van der Waals surface area contributed by atoms with E-state index in [-0.39, 0.29) is 27.1 Å². The number of anilines is 1. The molecule has 0 aliphatic rings. The van der Waals surface area contributed by atoms with Gasteiger partial charge in [0.15, 0.2) is 5.78 Å². The predicted molar refractivity (Wildman–Crippen MR) is 76.0 cm³/mol. The first-order valence-electron chi connectivity index (χ1n) is 5.14. The van der Waals surface area contributed by atoms with Crippen molar-refractivity contribution in [3.63, 3.8) is 0 Å². The van der Waals surface area contributed by atoms with E-state index in [0.717, 1.165) is 6.07 Å². The number of rotatable bonds is 2. The van der Waals surface area contributed by atoms with Gasteiger partial charge in [0.2, 0.25) is 0 Å². The Morgan fingerprint density at radius 2 is 1.68 bits per heavy atom. The van der Waals surface area contributed by atoms with E-state index in [4.69, 9.17) is 5.73 Å². The van der Waals surface area contributed by atoms with Crippen LogP contribution in [0.25, 0.3) is 0 Å². The number of ketones is 1. The van der Waals surface area contributed by atoms with Gasteiger partial charge in [0.1, 0.15) is 11.6 Å². The normalized spacial score (nSPS) is 10.5. The predicted octanol–water partition coefficient (Wildman–Crippen LogP) is 4.30. The molecule has 2 N–H and O–H groups in total. The van der Waals surface area contributed by atoms with Gasteiger partial charge < -0.3 is 5.73 Å². The standard InChI is InChI=1S/C13H7Br2F2NO/c14-8-5-11(17)12(18)4-7(8)13(19)6-1-2-10(16)9(15)3-6/h1-5H,18H2. The average Bonchev–Trinajstić information content (AvgIpc) is 2.36. The molecular weight excluding hydrogens is 384 g/mol. The van der Waals surface area contributed by atoms with Gasteiger partial charge >= 0.3 is 0 Å². The van der Waals surface area contributed by atoms with Gasteiger partial charge in [-0.3, -0.25) is 4.79 Å². The zero-order valence-electron chi connectivity index (χ0n) is 9.38. The third-order valence-electron chi connectivity index (χ3n) is 2.51. The highest BCUT2D eigenvalue weighted by Crippen LogP contribution is 2.26. The SMILES string of the molecule is Nc1cc(C(=O)c2ccc(F)c(Br)c2)c(Br)cc1F. The Balaban J connectivity index is 2.49. The number of hydrogen-bond acceptors (Lipinski definition) is 2. The topological polar surface area (TPSA) is 43.1 Å². The number of halogens is 4. The summed E-state index contributed by atoms with van der Waals surface area (Å²) in [5.41, 5.74) is 5.82. The minimum Gasteiger partial charge on any atom is -0.396 e. The Morgan fingerprint density at radius 1 is 1.00 bits per heavy atom. The van der Waals surface area contributed by atoms with Crippen LogP contribution in [0.5, 0.6) is 0 Å². The van der Waals surface area contributed by atoms with Gasteiger partial charge in [-0.05, 0) is 62.2 Å². The van der Waals surface area contributed by atoms with Crippen LogP contribution in [0.2, 0.25) is 0 Å². The molecule has 0 amide bonds. The molecule has 2 rings (SSSR count). The Bertz CT molecular complexity index is 674. The Labute approximate surface area is 124 Å². The van der Waals surface area contributed by atoms with Gasteiger partial charge in [-0.1, -0.05) is 0 Å². The number of nitrogen functional groups attached to an aromatic ring is 1. The summed E-state index contributed by atoms with van der Waals surface area (Å²) < 4.78 is 26.8. The molecule has 2 nitrogen and oxygen atoms in total. The lowest BCUT2D eigenvalue weighted by atomic mass is 10.0. The molecule has 0 radical (unpaired) electrons. The molecule has 0 aliphatic heterocycles. The zero-order valence-corrected chi connectivity index (χ0v) is 12.6. The highest BCUT2D eigenvalue weighted by atomic mass is 79.9. The number of nitrogens with two attached hydrogens (primary N) is 1. The van der Waals surface area contributed by atoms with E-state index in [2.05, 4.69) is 31.9 Å². The molecule has 0 aromatic heterocycles. The second-order valence-electron chi connectivity index (χ2n) is 3.81. The quantitative estimate of drug-likeness (QED) is 0.613. The summed E-state index contributed by atoms with van der Waals surface area (Å²) >= 11 is 6.12. The zero-order chi connectivity index (χ0) is 14.2. The highest BCUT2D eigenvalue weighted by Gasteiger charge is 2.16. The third kappa shape index (κ3) is 2.84. The lowest BCUT2D eigenvalue weighted by Crippen LogP contribution is -2.05. The molecule has 2 aromatic rings. The van der Waals surface area contributed by atoms with Crippen molar-refractivity contribution in [1.82, 2.24) is 0 Å². The molecule has 98 valence electrons. The Hall–Kier alpha value is -1.27. The van der Waals surface area contributed by atoms with Crippen LogP contribution in [0.3, 0.4) is 0 Å². The number of carbonyl (C=O) groups excluding carboxylic acids is 1. The van der Waals surface area contributed by atoms with Crippen molar-refractivity contribution in [1.29, 1.82) is 0 Å². The molecular formula is C13H7Br2F2NO. The fourth-order valence-corrected chi connectivity index (χ4v) is 2.41. The highest BCUT2D eigenvalue weighted by molar-refractivity contribution is 9.10. The van der Waals surface area contributed by atoms with Gasteiger partial charge in [-0.25, -0.2) is 8.78 Å². The minimum atomic E-state index is -0.608. The summed E-state index contributed by atoms with van der Waals surface area (Å²) in [5.74, 6) is -1.45. The van der Waals surface area contributed by atoms with Gasteiger partial charge in [0.25, 0.3) is 0 Å². The summed E-state index contributed by atoms with van der Waals surface area (Å²) in [6.07, 6.45) is 0. The van der Waals surface area contributed by atoms with Gasteiger partial charge in [0, 0.05) is 15.6 Å². The number of carbonyl (C=O) groups is 1. The first kappa shape index (κ1) is 14.1. The molecule has 19 heavy (non-hydrogen) atoms. The van der Waals surface area contributed by atoms with Crippen molar-refractivity contribution < 1.29 is 13.6 Å². The van der Waals surface area contributed by atoms with Crippen LogP contribution in [0, 0.1) is 11.6 Å². The molecule has 0 saturated heterocycles. The maximum absolute atomic E-state index is 13.2. The summed E-state index contributed by atoms with van der Waals surface area (Å²) in [7, 11) is 0. The second-order valence-corrected chi connectivity index (χ2v) is 5.52. The summed E-state index contributed by atoms with van der Waals surface area (Å²) in [5, 5.41) is 0. The number of benzene rings is 2. The fourth-order valence-electron chi connectivity index (χ4n) is 1.53. The lowest BCUT2D eigenvalue weighted by molar-refractivity contribution is 0.103. The van der Waals surface area contributed by atoms with Crippen LogP contribution >= 0.6 is 31.9 Å². The average molecular weight is 391 g/mol. The molecule has 0 fully saturated rings. The molecule has 0 aliphatic carbocycles. The Morgan fingerprint density at radius 3 is 2.32 bits per heavy atom. The Kier molecular flexibility index (Phi) is 4.01. The molecule has 2 aromatic carbocycles. The van der Waals surface area contributed by atoms with Crippen LogP contribution in [-0.2, 0) is 0 Å². The van der Waals surface area contributed by atoms with E-state index in [9.17, 15) is 13.6 Å². The molecule has 0 saturated carbocycles. The largest absolute Gasteiger partial charge is 0.396 e. The second kappa shape index (κ2) is 5.38. The van der Waals surface area contributed by atoms with Crippen LogP contribution < -0.4 is 5.73 Å². The molecule has 0 unspecified atom stereocenters. The van der Waals surface area contributed by atoms with E-state index < -0.39 is 11.6 Å². The summed E-state index contributed by atoms with van der Waals surface area (Å²) in [6, 6.07) is 6.27. The maximum Gasteiger partial charge on any atom is 0.194 e. The van der Waals surface area contributed by atoms with Crippen molar-refractivity contribution in [3.8, 4) is 0 Å². The maximum atomic E-state index is 13.2. The fraction of sp³-hybridized carbons (Fsp3) is 0. The van der Waals surface area contributed by atoms with Gasteiger partial charge in [-0.2, -0.15) is 0 Å². The van der Waals surface area contributed by atoms with Gasteiger partial charge in [0.05, 0.1) is 10.2 Å². The van der Waals surface area contributed by atoms with Gasteiger partial charge in [-0.15, -0.1) is 0 Å². The number of hydrogen-bond donors (Lipinski definition) is 1. The van der Waals surface area contributed by atoms with E-state index in [1.807, 2.05) is 0 Å². The summed E-state index contributed by atoms with van der Waals surface area (Å²) in [4.78, 5) is 12.2. The van der Waals surface area contributed by atoms with Crippen LogP contribution in [0.1, 0.15) is 15.9 Å². The van der Waals surface area contributed by atoms with Crippen molar-refractivity contribution in [3.05, 3.63) is 62.0 Å². The van der Waals surface area contributed by atoms with Crippen LogP contribution in [-0.4, -0.2) is 5.78 Å². The first-order chi connectivity index (χ1) is 8.90. The van der Waals surface area contributed by atoms with E-state index in [1.54, 1.807) is 0 Å². The van der Waals surface area contributed by atoms with Crippen molar-refractivity contribution >= 4 is 43.3 Å². The van der Waals surface area contributed by atoms with E-state index in [1.165, 1.54) is 24.3 Å². The van der Waals surface area contributed by atoms with E-state index in [0.29, 0.717) is 4.47 Å². The van der Waals surface area contributed by atoms with Crippen molar-refractivity contribution in [2.45, 2.75) is 0 Å². The van der Waals surface area contributed by atoms with E-state index >= 15 is 0 Å². The minimum absolute atomic E-state index is 0.118. The van der Waals surface area contributed by atoms with Crippen molar-refractivity contribution in [2.75, 3.05) is 5.73 Å². The van der Waals surface area contributed by atoms with Crippen LogP contribution in [0.15, 0.2) is 39.3 Å². The third-order valence-corrected chi connectivity index (χ3v) is 3.78. The monoisotopic (exact) mass is 389 g/mol. The smallest absolute Gasteiger partial charge is 0.194 e. The van der Waals surface area contributed by atoms with Crippen LogP contribution in [0.4, 0.5) is 14.5 Å². The van der Waals surface area contributed by atoms with Crippen molar-refractivity contribution in [2.24, 2.45) is 0 Å². The molecule has 0 atom stereocenters.